The summed E-state index contributed by atoms with van der Waals surface area (Å²) in [5.74, 6) is -0.128. The summed E-state index contributed by atoms with van der Waals surface area (Å²) < 4.78 is 3.10. The van der Waals surface area contributed by atoms with Crippen LogP contribution in [0.25, 0.3) is 21.1 Å². The summed E-state index contributed by atoms with van der Waals surface area (Å²) in [6, 6.07) is 16.1. The molecule has 0 spiro atoms. The first kappa shape index (κ1) is 14.0. The lowest BCUT2D eigenvalue weighted by Crippen LogP contribution is -2.14. The van der Waals surface area contributed by atoms with Gasteiger partial charge in [0.1, 0.15) is 0 Å². The molecule has 0 aliphatic heterocycles. The van der Waals surface area contributed by atoms with Gasteiger partial charge in [0.2, 0.25) is 0 Å². The third-order valence-corrected chi connectivity index (χ3v) is 5.06. The van der Waals surface area contributed by atoms with Crippen molar-refractivity contribution in [3.63, 3.8) is 0 Å². The van der Waals surface area contributed by atoms with Gasteiger partial charge in [0.05, 0.1) is 16.6 Å². The predicted octanol–water partition coefficient (Wildman–Crippen LogP) is 3.39. The first-order chi connectivity index (χ1) is 11.2. The lowest BCUT2D eigenvalue weighted by atomic mass is 10.1. The number of hydrogen-bond donors (Lipinski definition) is 1. The standard InChI is InChI=1S/C18H15N3OS/c1-21-15-8-4-5-9-16(15)23-18(21)20-17(22)10-12-11-19-14-7-3-2-6-13(12)14/h2-9,11,19H,10H2,1H3. The number of rotatable bonds is 2. The van der Waals surface area contributed by atoms with E-state index in [2.05, 4.69) is 9.98 Å². The van der Waals surface area contributed by atoms with Gasteiger partial charge in [-0.3, -0.25) is 4.79 Å². The maximum absolute atomic E-state index is 12.4. The molecule has 0 atom stereocenters. The fraction of sp³-hybridized carbons (Fsp3) is 0.111. The van der Waals surface area contributed by atoms with Gasteiger partial charge in [-0.25, -0.2) is 0 Å². The number of carbonyl (C=O) groups excluding carboxylic acids is 1. The van der Waals surface area contributed by atoms with Crippen LogP contribution in [0.4, 0.5) is 0 Å². The number of aromatic amines is 1. The van der Waals surface area contributed by atoms with Crippen LogP contribution in [0.5, 0.6) is 0 Å². The van der Waals surface area contributed by atoms with Gasteiger partial charge in [-0.2, -0.15) is 4.99 Å². The third kappa shape index (κ3) is 2.49. The van der Waals surface area contributed by atoms with Crippen molar-refractivity contribution in [3.8, 4) is 0 Å². The Kier molecular flexibility index (Phi) is 3.35. The highest BCUT2D eigenvalue weighted by molar-refractivity contribution is 7.16. The van der Waals surface area contributed by atoms with E-state index in [0.29, 0.717) is 6.42 Å². The van der Waals surface area contributed by atoms with E-state index in [1.807, 2.05) is 66.3 Å². The number of para-hydroxylation sites is 2. The summed E-state index contributed by atoms with van der Waals surface area (Å²) in [4.78, 5) is 20.6. The van der Waals surface area contributed by atoms with E-state index in [4.69, 9.17) is 0 Å². The Morgan fingerprint density at radius 2 is 1.96 bits per heavy atom. The second-order valence-corrected chi connectivity index (χ2v) is 6.46. The van der Waals surface area contributed by atoms with Crippen molar-refractivity contribution in [3.05, 3.63) is 65.1 Å². The molecular formula is C18H15N3OS. The number of H-pyrrole nitrogens is 1. The van der Waals surface area contributed by atoms with E-state index in [9.17, 15) is 4.79 Å². The molecule has 1 amide bonds. The topological polar surface area (TPSA) is 50.1 Å². The molecule has 0 fully saturated rings. The summed E-state index contributed by atoms with van der Waals surface area (Å²) in [7, 11) is 1.94. The summed E-state index contributed by atoms with van der Waals surface area (Å²) >= 11 is 1.54. The van der Waals surface area contributed by atoms with Crippen LogP contribution < -0.4 is 4.80 Å². The molecule has 0 aliphatic rings. The zero-order valence-corrected chi connectivity index (χ0v) is 13.4. The molecule has 2 heterocycles. The van der Waals surface area contributed by atoms with Gasteiger partial charge in [0, 0.05) is 24.1 Å². The lowest BCUT2D eigenvalue weighted by Gasteiger charge is -1.96. The minimum Gasteiger partial charge on any atom is -0.361 e. The lowest BCUT2D eigenvalue weighted by molar-refractivity contribution is -0.117. The zero-order valence-electron chi connectivity index (χ0n) is 12.6. The zero-order chi connectivity index (χ0) is 15.8. The van der Waals surface area contributed by atoms with Crippen LogP contribution in [0.3, 0.4) is 0 Å². The first-order valence-corrected chi connectivity index (χ1v) is 8.21. The van der Waals surface area contributed by atoms with Crippen molar-refractivity contribution in [1.82, 2.24) is 9.55 Å². The fourth-order valence-electron chi connectivity index (χ4n) is 2.78. The van der Waals surface area contributed by atoms with Crippen molar-refractivity contribution < 1.29 is 4.79 Å². The molecule has 5 heteroatoms. The van der Waals surface area contributed by atoms with Gasteiger partial charge in [-0.05, 0) is 23.8 Å². The van der Waals surface area contributed by atoms with Crippen molar-refractivity contribution in [1.29, 1.82) is 0 Å². The van der Waals surface area contributed by atoms with Crippen LogP contribution >= 0.6 is 11.3 Å². The maximum atomic E-state index is 12.4. The van der Waals surface area contributed by atoms with Crippen LogP contribution in [0.2, 0.25) is 0 Å². The first-order valence-electron chi connectivity index (χ1n) is 7.39. The van der Waals surface area contributed by atoms with Crippen LogP contribution in [0, 0.1) is 0 Å². The molecule has 0 bridgehead atoms. The Morgan fingerprint density at radius 1 is 1.17 bits per heavy atom. The number of aromatic nitrogens is 2. The molecule has 0 aliphatic carbocycles. The Bertz CT molecular complexity index is 1080. The van der Waals surface area contributed by atoms with Crippen molar-refractivity contribution in [2.75, 3.05) is 0 Å². The predicted molar refractivity (Wildman–Crippen MR) is 93.4 cm³/mol. The van der Waals surface area contributed by atoms with Gasteiger partial charge >= 0.3 is 0 Å². The number of hydrogen-bond acceptors (Lipinski definition) is 2. The van der Waals surface area contributed by atoms with Gasteiger partial charge in [0.25, 0.3) is 5.91 Å². The number of benzene rings is 2. The number of fused-ring (bicyclic) bond motifs is 2. The Labute approximate surface area is 136 Å². The van der Waals surface area contributed by atoms with Gasteiger partial charge in [-0.1, -0.05) is 41.7 Å². The molecule has 4 aromatic rings. The Morgan fingerprint density at radius 3 is 2.83 bits per heavy atom. The summed E-state index contributed by atoms with van der Waals surface area (Å²) in [6.07, 6.45) is 2.20. The third-order valence-electron chi connectivity index (χ3n) is 3.95. The normalized spacial score (nSPS) is 12.3. The van der Waals surface area contributed by atoms with Gasteiger partial charge in [0.15, 0.2) is 4.80 Å². The minimum atomic E-state index is -0.128. The number of amides is 1. The van der Waals surface area contributed by atoms with Crippen LogP contribution in [-0.2, 0) is 18.3 Å². The van der Waals surface area contributed by atoms with Gasteiger partial charge < -0.3 is 9.55 Å². The van der Waals surface area contributed by atoms with E-state index < -0.39 is 0 Å². The molecule has 0 radical (unpaired) electrons. The minimum absolute atomic E-state index is 0.128. The molecule has 4 nitrogen and oxygen atoms in total. The molecule has 1 N–H and O–H groups in total. The average Bonchev–Trinajstić information content (AvgIpc) is 3.10. The van der Waals surface area contributed by atoms with Crippen LogP contribution in [0.15, 0.2) is 59.7 Å². The fourth-order valence-corrected chi connectivity index (χ4v) is 3.81. The molecule has 0 unspecified atom stereocenters. The Hall–Kier alpha value is -2.66. The highest BCUT2D eigenvalue weighted by Gasteiger charge is 2.09. The number of thiazole rings is 1. The monoisotopic (exact) mass is 321 g/mol. The van der Waals surface area contributed by atoms with E-state index in [-0.39, 0.29) is 5.91 Å². The quantitative estimate of drug-likeness (QED) is 0.604. The number of nitrogens with one attached hydrogen (secondary N) is 1. The molecule has 2 aromatic carbocycles. The summed E-state index contributed by atoms with van der Waals surface area (Å²) in [6.45, 7) is 0. The number of aryl methyl sites for hydroxylation is 1. The largest absolute Gasteiger partial charge is 0.361 e. The molecule has 0 saturated carbocycles. The number of nitrogens with zero attached hydrogens (tertiary/aromatic N) is 2. The summed E-state index contributed by atoms with van der Waals surface area (Å²) in [5, 5.41) is 1.08. The van der Waals surface area contributed by atoms with Crippen LogP contribution in [0.1, 0.15) is 5.56 Å². The van der Waals surface area contributed by atoms with Crippen molar-refractivity contribution in [2.45, 2.75) is 6.42 Å². The molecule has 114 valence electrons. The van der Waals surface area contributed by atoms with E-state index in [0.717, 1.165) is 31.5 Å². The van der Waals surface area contributed by atoms with E-state index in [1.165, 1.54) is 11.3 Å². The second kappa shape index (κ2) is 5.52. The van der Waals surface area contributed by atoms with Gasteiger partial charge in [-0.15, -0.1) is 0 Å². The van der Waals surface area contributed by atoms with E-state index >= 15 is 0 Å². The molecule has 23 heavy (non-hydrogen) atoms. The average molecular weight is 321 g/mol. The molecule has 0 saturated heterocycles. The second-order valence-electron chi connectivity index (χ2n) is 5.45. The highest BCUT2D eigenvalue weighted by atomic mass is 32.1. The SMILES string of the molecule is Cn1c(=NC(=O)Cc2c[nH]c3ccccc23)sc2ccccc21. The van der Waals surface area contributed by atoms with Crippen molar-refractivity contribution >= 4 is 38.4 Å². The Balaban J connectivity index is 1.70. The summed E-state index contributed by atoms with van der Waals surface area (Å²) in [5.41, 5.74) is 3.12. The molecule has 4 rings (SSSR count). The smallest absolute Gasteiger partial charge is 0.252 e. The van der Waals surface area contributed by atoms with Crippen LogP contribution in [-0.4, -0.2) is 15.5 Å². The number of carbonyl (C=O) groups is 1. The molecule has 2 aromatic heterocycles. The van der Waals surface area contributed by atoms with E-state index in [1.54, 1.807) is 0 Å². The van der Waals surface area contributed by atoms with Crippen molar-refractivity contribution in [2.24, 2.45) is 12.0 Å². The maximum Gasteiger partial charge on any atom is 0.252 e. The molecular weight excluding hydrogens is 306 g/mol. The highest BCUT2D eigenvalue weighted by Crippen LogP contribution is 2.19.